The van der Waals surface area contributed by atoms with Crippen molar-refractivity contribution in [2.45, 2.75) is 39.7 Å². The molecule has 25 heavy (non-hydrogen) atoms. The Kier molecular flexibility index (Phi) is 5.41. The molecule has 1 amide bonds. The highest BCUT2D eigenvalue weighted by atomic mass is 16.1. The summed E-state index contributed by atoms with van der Waals surface area (Å²) < 4.78 is 1.85. The second-order valence-electron chi connectivity index (χ2n) is 6.92. The summed E-state index contributed by atoms with van der Waals surface area (Å²) in [4.78, 5) is 20.1. The van der Waals surface area contributed by atoms with Gasteiger partial charge in [0, 0.05) is 18.9 Å². The summed E-state index contributed by atoms with van der Waals surface area (Å²) in [6, 6.07) is 0. The van der Waals surface area contributed by atoms with Crippen LogP contribution in [0.2, 0.25) is 0 Å². The van der Waals surface area contributed by atoms with Gasteiger partial charge in [-0.2, -0.15) is 10.1 Å². The fourth-order valence-electron chi connectivity index (χ4n) is 2.03. The van der Waals surface area contributed by atoms with Crippen LogP contribution in [0.15, 0.2) is 30.7 Å². The predicted octanol–water partition coefficient (Wildman–Crippen LogP) is 2.65. The zero-order valence-electron chi connectivity index (χ0n) is 15.1. The summed E-state index contributed by atoms with van der Waals surface area (Å²) in [6.45, 7) is 12.6. The lowest BCUT2D eigenvalue weighted by molar-refractivity contribution is 0.100. The molecule has 0 bridgehead atoms. The number of primary amides is 1. The zero-order valence-corrected chi connectivity index (χ0v) is 15.1. The van der Waals surface area contributed by atoms with Gasteiger partial charge < -0.3 is 16.4 Å². The van der Waals surface area contributed by atoms with Crippen LogP contribution in [-0.2, 0) is 5.54 Å². The standard InChI is InChI=1S/C17H25N7O/c1-11(2)6-7-19-15-13(14(18)25)9-20-16(23-15)22-12-8-21-24(10-12)17(3,4)5/h8-10H,1,6-7H2,2-5H3,(H2,18,25)(H2,19,20,22,23). The van der Waals surface area contributed by atoms with Crippen LogP contribution in [0.1, 0.15) is 44.5 Å². The van der Waals surface area contributed by atoms with E-state index in [1.807, 2.05) is 17.8 Å². The summed E-state index contributed by atoms with van der Waals surface area (Å²) in [7, 11) is 0. The fraction of sp³-hybridized carbons (Fsp3) is 0.412. The normalized spacial score (nSPS) is 11.2. The molecule has 0 aromatic carbocycles. The predicted molar refractivity (Wildman–Crippen MR) is 99.0 cm³/mol. The summed E-state index contributed by atoms with van der Waals surface area (Å²) in [5.74, 6) is 0.177. The van der Waals surface area contributed by atoms with E-state index in [1.165, 1.54) is 6.20 Å². The van der Waals surface area contributed by atoms with E-state index in [4.69, 9.17) is 5.73 Å². The Balaban J connectivity index is 2.19. The number of carbonyl (C=O) groups excluding carboxylic acids is 1. The molecule has 4 N–H and O–H groups in total. The van der Waals surface area contributed by atoms with Crippen LogP contribution >= 0.6 is 0 Å². The van der Waals surface area contributed by atoms with Gasteiger partial charge in [-0.3, -0.25) is 9.48 Å². The van der Waals surface area contributed by atoms with Gasteiger partial charge in [-0.1, -0.05) is 5.57 Å². The minimum atomic E-state index is -0.579. The van der Waals surface area contributed by atoms with Crippen molar-refractivity contribution in [3.05, 3.63) is 36.3 Å². The van der Waals surface area contributed by atoms with Crippen LogP contribution in [0.5, 0.6) is 0 Å². The number of nitrogens with zero attached hydrogens (tertiary/aromatic N) is 4. The molecule has 2 heterocycles. The fourth-order valence-corrected chi connectivity index (χ4v) is 2.03. The smallest absolute Gasteiger partial charge is 0.254 e. The molecule has 0 unspecified atom stereocenters. The van der Waals surface area contributed by atoms with Gasteiger partial charge in [0.15, 0.2) is 0 Å². The molecule has 2 rings (SSSR count). The Labute approximate surface area is 147 Å². The summed E-state index contributed by atoms with van der Waals surface area (Å²) in [5.41, 5.74) is 7.31. The molecular formula is C17H25N7O. The number of anilines is 3. The highest BCUT2D eigenvalue weighted by molar-refractivity contribution is 5.97. The number of nitrogens with one attached hydrogen (secondary N) is 2. The largest absolute Gasteiger partial charge is 0.369 e. The highest BCUT2D eigenvalue weighted by Crippen LogP contribution is 2.20. The maximum absolute atomic E-state index is 11.6. The van der Waals surface area contributed by atoms with Crippen molar-refractivity contribution in [1.82, 2.24) is 19.7 Å². The van der Waals surface area contributed by atoms with Crippen molar-refractivity contribution in [2.75, 3.05) is 17.2 Å². The molecule has 0 saturated carbocycles. The third-order valence-corrected chi connectivity index (χ3v) is 3.42. The summed E-state index contributed by atoms with van der Waals surface area (Å²) in [5, 5.41) is 10.5. The molecular weight excluding hydrogens is 318 g/mol. The van der Waals surface area contributed by atoms with Gasteiger partial charge >= 0.3 is 0 Å². The average Bonchev–Trinajstić information content (AvgIpc) is 2.95. The molecule has 0 radical (unpaired) electrons. The first-order valence-electron chi connectivity index (χ1n) is 8.04. The number of hydrogen-bond donors (Lipinski definition) is 3. The molecule has 0 atom stereocenters. The minimum Gasteiger partial charge on any atom is -0.369 e. The minimum absolute atomic E-state index is 0.119. The molecule has 2 aromatic heterocycles. The first kappa shape index (κ1) is 18.4. The van der Waals surface area contributed by atoms with E-state index in [0.717, 1.165) is 17.7 Å². The van der Waals surface area contributed by atoms with Crippen LogP contribution in [-0.4, -0.2) is 32.2 Å². The van der Waals surface area contributed by atoms with Gasteiger partial charge in [0.25, 0.3) is 5.91 Å². The van der Waals surface area contributed by atoms with Crippen molar-refractivity contribution in [3.63, 3.8) is 0 Å². The number of hydrogen-bond acceptors (Lipinski definition) is 6. The number of rotatable bonds is 7. The van der Waals surface area contributed by atoms with Gasteiger partial charge in [0.05, 0.1) is 23.0 Å². The van der Waals surface area contributed by atoms with Gasteiger partial charge in [-0.15, -0.1) is 6.58 Å². The maximum atomic E-state index is 11.6. The van der Waals surface area contributed by atoms with Crippen molar-refractivity contribution < 1.29 is 4.79 Å². The molecule has 2 aromatic rings. The Morgan fingerprint density at radius 2 is 2.08 bits per heavy atom. The van der Waals surface area contributed by atoms with E-state index in [-0.39, 0.29) is 11.1 Å². The first-order chi connectivity index (χ1) is 11.7. The van der Waals surface area contributed by atoms with E-state index in [9.17, 15) is 4.79 Å². The van der Waals surface area contributed by atoms with E-state index >= 15 is 0 Å². The second-order valence-corrected chi connectivity index (χ2v) is 6.92. The summed E-state index contributed by atoms with van der Waals surface area (Å²) in [6.07, 6.45) is 5.75. The molecule has 0 aliphatic heterocycles. The molecule has 0 spiro atoms. The highest BCUT2D eigenvalue weighted by Gasteiger charge is 2.15. The number of nitrogens with two attached hydrogens (primary N) is 1. The lowest BCUT2D eigenvalue weighted by Crippen LogP contribution is -2.21. The topological polar surface area (TPSA) is 111 Å². The number of carbonyl (C=O) groups is 1. The molecule has 8 nitrogen and oxygen atoms in total. The molecule has 0 fully saturated rings. The third kappa shape index (κ3) is 5.03. The van der Waals surface area contributed by atoms with E-state index < -0.39 is 5.91 Å². The molecule has 0 saturated heterocycles. The van der Waals surface area contributed by atoms with Gasteiger partial charge in [0.2, 0.25) is 5.95 Å². The Hall–Kier alpha value is -2.90. The Morgan fingerprint density at radius 3 is 2.64 bits per heavy atom. The van der Waals surface area contributed by atoms with Crippen molar-refractivity contribution in [1.29, 1.82) is 0 Å². The lowest BCUT2D eigenvalue weighted by atomic mass is 10.1. The summed E-state index contributed by atoms with van der Waals surface area (Å²) >= 11 is 0. The molecule has 0 aliphatic carbocycles. The van der Waals surface area contributed by atoms with Crippen molar-refractivity contribution in [3.8, 4) is 0 Å². The zero-order chi connectivity index (χ0) is 18.6. The van der Waals surface area contributed by atoms with Crippen LogP contribution in [0.4, 0.5) is 17.5 Å². The van der Waals surface area contributed by atoms with E-state index in [0.29, 0.717) is 18.3 Å². The monoisotopic (exact) mass is 343 g/mol. The van der Waals surface area contributed by atoms with Crippen molar-refractivity contribution in [2.24, 2.45) is 5.73 Å². The molecule has 0 aliphatic rings. The molecule has 8 heteroatoms. The first-order valence-corrected chi connectivity index (χ1v) is 8.04. The van der Waals surface area contributed by atoms with E-state index in [2.05, 4.69) is 53.1 Å². The van der Waals surface area contributed by atoms with Gasteiger partial charge in [-0.25, -0.2) is 4.98 Å². The second kappa shape index (κ2) is 7.33. The SMILES string of the molecule is C=C(C)CCNc1nc(Nc2cnn(C(C)(C)C)c2)ncc1C(N)=O. The van der Waals surface area contributed by atoms with Crippen LogP contribution in [0.25, 0.3) is 0 Å². The third-order valence-electron chi connectivity index (χ3n) is 3.42. The quantitative estimate of drug-likeness (QED) is 0.667. The molecule has 134 valence electrons. The lowest BCUT2D eigenvalue weighted by Gasteiger charge is -2.18. The van der Waals surface area contributed by atoms with Gasteiger partial charge in [-0.05, 0) is 34.1 Å². The van der Waals surface area contributed by atoms with Crippen LogP contribution < -0.4 is 16.4 Å². The maximum Gasteiger partial charge on any atom is 0.254 e. The number of aromatic nitrogens is 4. The Bertz CT molecular complexity index is 774. The Morgan fingerprint density at radius 1 is 1.36 bits per heavy atom. The van der Waals surface area contributed by atoms with E-state index in [1.54, 1.807) is 6.20 Å². The van der Waals surface area contributed by atoms with Crippen LogP contribution in [0.3, 0.4) is 0 Å². The average molecular weight is 343 g/mol. The van der Waals surface area contributed by atoms with Gasteiger partial charge in [0.1, 0.15) is 5.82 Å². The van der Waals surface area contributed by atoms with Crippen LogP contribution in [0, 0.1) is 0 Å². The number of amides is 1. The van der Waals surface area contributed by atoms with Crippen molar-refractivity contribution >= 4 is 23.4 Å².